The number of aromatic nitrogens is 2. The molecule has 0 saturated carbocycles. The Morgan fingerprint density at radius 1 is 1.10 bits per heavy atom. The van der Waals surface area contributed by atoms with Crippen LogP contribution in [-0.4, -0.2) is 43.2 Å². The molecule has 2 N–H and O–H groups in total. The summed E-state index contributed by atoms with van der Waals surface area (Å²) in [5.74, 6) is 2.15. The van der Waals surface area contributed by atoms with Gasteiger partial charge in [-0.3, -0.25) is 9.59 Å². The number of ether oxygens (including phenoxy) is 3. The van der Waals surface area contributed by atoms with Gasteiger partial charge in [0.05, 0.1) is 26.3 Å². The number of carbonyl (C=O) groups excluding carboxylic acids is 1. The van der Waals surface area contributed by atoms with Crippen LogP contribution < -0.4 is 25.1 Å². The van der Waals surface area contributed by atoms with E-state index in [9.17, 15) is 9.59 Å². The maximum Gasteiger partial charge on any atom is 0.262 e. The number of benzene rings is 2. The zero-order chi connectivity index (χ0) is 22.5. The van der Waals surface area contributed by atoms with Gasteiger partial charge in [-0.25, -0.2) is 4.98 Å². The fourth-order valence-corrected chi connectivity index (χ4v) is 3.41. The maximum atomic E-state index is 12.8. The van der Waals surface area contributed by atoms with Gasteiger partial charge in [0.15, 0.2) is 0 Å². The molecule has 0 unspecified atom stereocenters. The van der Waals surface area contributed by atoms with Gasteiger partial charge in [0.25, 0.3) is 5.56 Å². The number of rotatable bonds is 8. The van der Waals surface area contributed by atoms with Crippen LogP contribution in [0.4, 0.5) is 0 Å². The van der Waals surface area contributed by atoms with E-state index in [-0.39, 0.29) is 11.5 Å². The number of nitrogens with zero attached hydrogens (tertiary/aromatic N) is 1. The second-order valence-electron chi connectivity index (χ2n) is 7.13. The standard InChI is InChI=1S/C23H27N3O5/c1-6-19(27)24-7-8-31-21-13(2)9-15(10-14(21)3)22-25-17-11-16(29-4)12-18(30-5)20(17)23(28)26-22/h9-12H,6-8H2,1-5H3,(H,24,27)(H,25,26,28). The highest BCUT2D eigenvalue weighted by atomic mass is 16.5. The molecule has 164 valence electrons. The normalized spacial score (nSPS) is 10.7. The molecule has 0 spiro atoms. The number of aryl methyl sites for hydroxylation is 2. The van der Waals surface area contributed by atoms with Crippen molar-refractivity contribution in [3.63, 3.8) is 0 Å². The summed E-state index contributed by atoms with van der Waals surface area (Å²) in [6.45, 7) is 6.48. The largest absolute Gasteiger partial charge is 0.497 e. The van der Waals surface area contributed by atoms with Crippen LogP contribution in [0.3, 0.4) is 0 Å². The second-order valence-corrected chi connectivity index (χ2v) is 7.13. The molecule has 0 radical (unpaired) electrons. The minimum Gasteiger partial charge on any atom is -0.497 e. The molecule has 0 saturated heterocycles. The number of aromatic amines is 1. The predicted octanol–water partition coefficient (Wildman–Crippen LogP) is 3.13. The molecule has 0 atom stereocenters. The van der Waals surface area contributed by atoms with Crippen molar-refractivity contribution in [2.75, 3.05) is 27.4 Å². The highest BCUT2D eigenvalue weighted by Crippen LogP contribution is 2.31. The molecule has 31 heavy (non-hydrogen) atoms. The molecule has 1 amide bonds. The molecular formula is C23H27N3O5. The van der Waals surface area contributed by atoms with Crippen molar-refractivity contribution in [1.29, 1.82) is 0 Å². The van der Waals surface area contributed by atoms with Gasteiger partial charge >= 0.3 is 0 Å². The number of hydrogen-bond donors (Lipinski definition) is 2. The number of carbonyl (C=O) groups is 1. The fraction of sp³-hybridized carbons (Fsp3) is 0.348. The fourth-order valence-electron chi connectivity index (χ4n) is 3.41. The number of nitrogens with one attached hydrogen (secondary N) is 2. The summed E-state index contributed by atoms with van der Waals surface area (Å²) in [5, 5.41) is 3.16. The minimum absolute atomic E-state index is 0.00742. The Balaban J connectivity index is 1.94. The third-order valence-corrected chi connectivity index (χ3v) is 4.93. The van der Waals surface area contributed by atoms with Gasteiger partial charge in [-0.2, -0.15) is 0 Å². The van der Waals surface area contributed by atoms with E-state index < -0.39 is 0 Å². The van der Waals surface area contributed by atoms with Crippen molar-refractivity contribution >= 4 is 16.8 Å². The van der Waals surface area contributed by atoms with E-state index in [0.29, 0.717) is 47.8 Å². The molecular weight excluding hydrogens is 398 g/mol. The molecule has 0 fully saturated rings. The molecule has 0 aliphatic carbocycles. The van der Waals surface area contributed by atoms with Crippen LogP contribution in [0.25, 0.3) is 22.3 Å². The highest BCUT2D eigenvalue weighted by molar-refractivity contribution is 5.87. The van der Waals surface area contributed by atoms with E-state index in [4.69, 9.17) is 14.2 Å². The monoisotopic (exact) mass is 425 g/mol. The summed E-state index contributed by atoms with van der Waals surface area (Å²) >= 11 is 0. The van der Waals surface area contributed by atoms with E-state index in [0.717, 1.165) is 22.4 Å². The zero-order valence-corrected chi connectivity index (χ0v) is 18.4. The topological polar surface area (TPSA) is 103 Å². The Labute approximate surface area is 180 Å². The van der Waals surface area contributed by atoms with E-state index in [1.165, 1.54) is 7.11 Å². The lowest BCUT2D eigenvalue weighted by atomic mass is 10.0. The SMILES string of the molecule is CCC(=O)NCCOc1c(C)cc(-c2nc3cc(OC)cc(OC)c3c(=O)[nH]2)cc1C. The lowest BCUT2D eigenvalue weighted by Crippen LogP contribution is -2.27. The summed E-state index contributed by atoms with van der Waals surface area (Å²) in [5.41, 5.74) is 2.77. The van der Waals surface area contributed by atoms with Gasteiger partial charge in [0, 0.05) is 24.1 Å². The molecule has 1 heterocycles. The average Bonchev–Trinajstić information content (AvgIpc) is 2.76. The lowest BCUT2D eigenvalue weighted by molar-refractivity contribution is -0.120. The first kappa shape index (κ1) is 22.1. The van der Waals surface area contributed by atoms with Gasteiger partial charge < -0.3 is 24.5 Å². The van der Waals surface area contributed by atoms with Gasteiger partial charge in [0.2, 0.25) is 5.91 Å². The Bertz CT molecular complexity index is 1150. The van der Waals surface area contributed by atoms with Crippen LogP contribution in [0, 0.1) is 13.8 Å². The van der Waals surface area contributed by atoms with Crippen molar-refractivity contribution in [3.05, 3.63) is 45.7 Å². The lowest BCUT2D eigenvalue weighted by Gasteiger charge is -2.15. The maximum absolute atomic E-state index is 12.8. The van der Waals surface area contributed by atoms with Crippen LogP contribution in [0.1, 0.15) is 24.5 Å². The van der Waals surface area contributed by atoms with E-state index >= 15 is 0 Å². The van der Waals surface area contributed by atoms with Gasteiger partial charge in [-0.05, 0) is 37.1 Å². The van der Waals surface area contributed by atoms with Crippen LogP contribution in [-0.2, 0) is 4.79 Å². The van der Waals surface area contributed by atoms with E-state index in [1.807, 2.05) is 26.0 Å². The van der Waals surface area contributed by atoms with Gasteiger partial charge in [-0.15, -0.1) is 0 Å². The third kappa shape index (κ3) is 4.79. The van der Waals surface area contributed by atoms with Crippen LogP contribution in [0.2, 0.25) is 0 Å². The molecule has 8 heteroatoms. The smallest absolute Gasteiger partial charge is 0.262 e. The molecule has 3 aromatic rings. The third-order valence-electron chi connectivity index (χ3n) is 4.93. The van der Waals surface area contributed by atoms with E-state index in [1.54, 1.807) is 26.2 Å². The molecule has 8 nitrogen and oxygen atoms in total. The number of methoxy groups -OCH3 is 2. The van der Waals surface area contributed by atoms with Gasteiger partial charge in [-0.1, -0.05) is 6.92 Å². The highest BCUT2D eigenvalue weighted by Gasteiger charge is 2.15. The molecule has 0 bridgehead atoms. The second kappa shape index (κ2) is 9.51. The molecule has 1 aromatic heterocycles. The number of amides is 1. The van der Waals surface area contributed by atoms with E-state index in [2.05, 4.69) is 15.3 Å². The summed E-state index contributed by atoms with van der Waals surface area (Å²) in [6.07, 6.45) is 0.446. The van der Waals surface area contributed by atoms with Crippen molar-refractivity contribution in [2.45, 2.75) is 27.2 Å². The summed E-state index contributed by atoms with van der Waals surface area (Å²) < 4.78 is 16.5. The Morgan fingerprint density at radius 2 is 1.81 bits per heavy atom. The van der Waals surface area contributed by atoms with Crippen LogP contribution in [0.5, 0.6) is 17.2 Å². The molecule has 3 rings (SSSR count). The Hall–Kier alpha value is -3.55. The summed E-state index contributed by atoms with van der Waals surface area (Å²) in [6, 6.07) is 7.18. The average molecular weight is 425 g/mol. The van der Waals surface area contributed by atoms with Crippen molar-refractivity contribution < 1.29 is 19.0 Å². The minimum atomic E-state index is -0.290. The first-order chi connectivity index (χ1) is 14.9. The first-order valence-electron chi connectivity index (χ1n) is 10.0. The Morgan fingerprint density at radius 3 is 2.42 bits per heavy atom. The van der Waals surface area contributed by atoms with Gasteiger partial charge in [0.1, 0.15) is 35.1 Å². The van der Waals surface area contributed by atoms with Crippen molar-refractivity contribution in [2.24, 2.45) is 0 Å². The predicted molar refractivity (Wildman–Crippen MR) is 119 cm³/mol. The molecule has 0 aliphatic heterocycles. The zero-order valence-electron chi connectivity index (χ0n) is 18.4. The summed E-state index contributed by atoms with van der Waals surface area (Å²) in [4.78, 5) is 31.6. The van der Waals surface area contributed by atoms with Crippen molar-refractivity contribution in [3.8, 4) is 28.6 Å². The number of H-pyrrole nitrogens is 1. The molecule has 0 aliphatic rings. The first-order valence-corrected chi connectivity index (χ1v) is 10.0. The van der Waals surface area contributed by atoms with Crippen LogP contribution >= 0.6 is 0 Å². The molecule has 2 aromatic carbocycles. The Kier molecular flexibility index (Phi) is 6.79. The van der Waals surface area contributed by atoms with Crippen molar-refractivity contribution in [1.82, 2.24) is 15.3 Å². The van der Waals surface area contributed by atoms with Crippen LogP contribution in [0.15, 0.2) is 29.1 Å². The number of fused-ring (bicyclic) bond motifs is 1. The number of hydrogen-bond acceptors (Lipinski definition) is 6. The summed E-state index contributed by atoms with van der Waals surface area (Å²) in [7, 11) is 3.05. The quantitative estimate of drug-likeness (QED) is 0.538.